The highest BCUT2D eigenvalue weighted by Gasteiger charge is 2.19. The van der Waals surface area contributed by atoms with E-state index >= 15 is 0 Å². The minimum atomic E-state index is -0.939. The number of aromatic amines is 1. The molecule has 174 valence electrons. The standard InChI is InChI=1S/C26H25ClN4O3/c1-31(2)15-16-3-8-20(9-4-16)29-25(17-5-10-19(11-6-17)28-14-23(32)33)24-21-12-7-18(27)13-22(21)30-26(24)34/h3-13,28,30,34H,14-15H2,1-2H3,(H,32,33). The van der Waals surface area contributed by atoms with Crippen LogP contribution in [0, 0.1) is 0 Å². The topological polar surface area (TPSA) is 101 Å². The summed E-state index contributed by atoms with van der Waals surface area (Å²) in [5.41, 5.74) is 5.20. The lowest BCUT2D eigenvalue weighted by molar-refractivity contribution is -0.134. The molecule has 4 aromatic rings. The van der Waals surface area contributed by atoms with Gasteiger partial charge in [0.1, 0.15) is 6.54 Å². The van der Waals surface area contributed by atoms with Gasteiger partial charge >= 0.3 is 5.97 Å². The monoisotopic (exact) mass is 476 g/mol. The van der Waals surface area contributed by atoms with E-state index in [1.165, 1.54) is 5.56 Å². The van der Waals surface area contributed by atoms with Gasteiger partial charge in [0, 0.05) is 28.2 Å². The first kappa shape index (κ1) is 23.4. The summed E-state index contributed by atoms with van der Waals surface area (Å²) in [7, 11) is 4.04. The van der Waals surface area contributed by atoms with E-state index in [0.29, 0.717) is 27.5 Å². The highest BCUT2D eigenvalue weighted by molar-refractivity contribution is 6.31. The van der Waals surface area contributed by atoms with Crippen LogP contribution in [0.1, 0.15) is 16.7 Å². The molecule has 0 saturated heterocycles. The molecule has 0 aliphatic heterocycles. The summed E-state index contributed by atoms with van der Waals surface area (Å²) < 4.78 is 0. The molecule has 4 N–H and O–H groups in total. The predicted octanol–water partition coefficient (Wildman–Crippen LogP) is 5.25. The molecule has 0 aliphatic rings. The number of nitrogens with zero attached hydrogens (tertiary/aromatic N) is 2. The largest absolute Gasteiger partial charge is 0.494 e. The molecule has 0 saturated carbocycles. The maximum Gasteiger partial charge on any atom is 0.322 e. The van der Waals surface area contributed by atoms with Crippen LogP contribution in [0.3, 0.4) is 0 Å². The summed E-state index contributed by atoms with van der Waals surface area (Å²) in [5.74, 6) is -0.945. The zero-order chi connectivity index (χ0) is 24.2. The quantitative estimate of drug-likeness (QED) is 0.260. The van der Waals surface area contributed by atoms with Gasteiger partial charge in [-0.2, -0.15) is 0 Å². The van der Waals surface area contributed by atoms with Crippen LogP contribution in [0.5, 0.6) is 5.88 Å². The molecular formula is C26H25ClN4O3. The average Bonchev–Trinajstić information content (AvgIpc) is 3.11. The number of rotatable bonds is 8. The lowest BCUT2D eigenvalue weighted by atomic mass is 10.0. The lowest BCUT2D eigenvalue weighted by Gasteiger charge is -2.11. The molecule has 4 rings (SSSR count). The molecule has 0 bridgehead atoms. The number of aliphatic imine (C=N–C) groups is 1. The van der Waals surface area contributed by atoms with E-state index in [0.717, 1.165) is 23.2 Å². The number of halogens is 1. The molecule has 1 heterocycles. The third-order valence-corrected chi connectivity index (χ3v) is 5.49. The van der Waals surface area contributed by atoms with Crippen molar-refractivity contribution in [2.45, 2.75) is 6.54 Å². The number of fused-ring (bicyclic) bond motifs is 1. The molecule has 0 amide bonds. The second kappa shape index (κ2) is 9.99. The molecule has 0 atom stereocenters. The van der Waals surface area contributed by atoms with Crippen LogP contribution >= 0.6 is 11.6 Å². The predicted molar refractivity (Wildman–Crippen MR) is 137 cm³/mol. The number of hydrogen-bond acceptors (Lipinski definition) is 5. The Morgan fingerprint density at radius 1 is 1.06 bits per heavy atom. The van der Waals surface area contributed by atoms with Crippen molar-refractivity contribution < 1.29 is 15.0 Å². The number of aromatic hydroxyl groups is 1. The van der Waals surface area contributed by atoms with Crippen LogP contribution in [0.15, 0.2) is 71.7 Å². The van der Waals surface area contributed by atoms with Crippen molar-refractivity contribution in [3.63, 3.8) is 0 Å². The van der Waals surface area contributed by atoms with Crippen LogP contribution in [-0.4, -0.2) is 52.4 Å². The normalized spacial score (nSPS) is 11.8. The average molecular weight is 477 g/mol. The van der Waals surface area contributed by atoms with Gasteiger partial charge in [-0.25, -0.2) is 4.99 Å². The fraction of sp³-hybridized carbons (Fsp3) is 0.154. The van der Waals surface area contributed by atoms with Crippen molar-refractivity contribution in [3.8, 4) is 5.88 Å². The summed E-state index contributed by atoms with van der Waals surface area (Å²) in [6.07, 6.45) is 0. The Hall–Kier alpha value is -3.81. The molecule has 7 nitrogen and oxygen atoms in total. The van der Waals surface area contributed by atoms with Crippen molar-refractivity contribution in [2.24, 2.45) is 4.99 Å². The number of benzene rings is 3. The molecule has 0 aliphatic carbocycles. The van der Waals surface area contributed by atoms with E-state index in [1.54, 1.807) is 24.3 Å². The fourth-order valence-corrected chi connectivity index (χ4v) is 3.93. The minimum Gasteiger partial charge on any atom is -0.494 e. The van der Waals surface area contributed by atoms with Gasteiger partial charge in [-0.15, -0.1) is 0 Å². The van der Waals surface area contributed by atoms with Gasteiger partial charge in [0.25, 0.3) is 0 Å². The Morgan fingerprint density at radius 3 is 2.41 bits per heavy atom. The molecule has 0 radical (unpaired) electrons. The van der Waals surface area contributed by atoms with Crippen molar-refractivity contribution in [1.29, 1.82) is 0 Å². The van der Waals surface area contributed by atoms with Gasteiger partial charge in [0.15, 0.2) is 5.88 Å². The maximum absolute atomic E-state index is 10.9. The Bertz CT molecular complexity index is 1340. The number of anilines is 1. The van der Waals surface area contributed by atoms with Crippen LogP contribution < -0.4 is 5.32 Å². The third kappa shape index (κ3) is 5.39. The Balaban J connectivity index is 1.80. The third-order valence-electron chi connectivity index (χ3n) is 5.26. The first-order chi connectivity index (χ1) is 16.3. The molecule has 34 heavy (non-hydrogen) atoms. The van der Waals surface area contributed by atoms with Crippen molar-refractivity contribution >= 4 is 45.6 Å². The molecule has 8 heteroatoms. The van der Waals surface area contributed by atoms with Crippen LogP contribution in [-0.2, 0) is 11.3 Å². The van der Waals surface area contributed by atoms with Gasteiger partial charge in [0.05, 0.1) is 22.5 Å². The van der Waals surface area contributed by atoms with Crippen LogP contribution in [0.25, 0.3) is 10.9 Å². The summed E-state index contributed by atoms with van der Waals surface area (Å²) in [6, 6.07) is 20.6. The van der Waals surface area contributed by atoms with Crippen LogP contribution in [0.4, 0.5) is 11.4 Å². The zero-order valence-electron chi connectivity index (χ0n) is 18.8. The molecule has 0 fully saturated rings. The summed E-state index contributed by atoms with van der Waals surface area (Å²) in [6.45, 7) is 0.648. The van der Waals surface area contributed by atoms with Gasteiger partial charge in [0.2, 0.25) is 0 Å². The summed E-state index contributed by atoms with van der Waals surface area (Å²) in [5, 5.41) is 23.9. The number of carboxylic acid groups (broad SMARTS) is 1. The number of aliphatic carboxylic acids is 1. The Kier molecular flexibility index (Phi) is 6.86. The Morgan fingerprint density at radius 2 is 1.76 bits per heavy atom. The number of carboxylic acids is 1. The SMILES string of the molecule is CN(C)Cc1ccc(N=C(c2ccc(NCC(=O)O)cc2)c2c(O)[nH]c3cc(Cl)ccc23)cc1. The smallest absolute Gasteiger partial charge is 0.322 e. The minimum absolute atomic E-state index is 0.00618. The molecule has 3 aromatic carbocycles. The highest BCUT2D eigenvalue weighted by atomic mass is 35.5. The van der Waals surface area contributed by atoms with E-state index < -0.39 is 5.97 Å². The van der Waals surface area contributed by atoms with E-state index in [-0.39, 0.29) is 12.4 Å². The summed E-state index contributed by atoms with van der Waals surface area (Å²) >= 11 is 6.14. The second-order valence-corrected chi connectivity index (χ2v) is 8.66. The second-order valence-electron chi connectivity index (χ2n) is 8.23. The van der Waals surface area contributed by atoms with Crippen molar-refractivity contribution in [2.75, 3.05) is 26.0 Å². The lowest BCUT2D eigenvalue weighted by Crippen LogP contribution is -2.12. The number of hydrogen-bond donors (Lipinski definition) is 4. The molecule has 0 spiro atoms. The number of H-pyrrole nitrogens is 1. The maximum atomic E-state index is 10.9. The van der Waals surface area contributed by atoms with Gasteiger partial charge < -0.3 is 25.4 Å². The first-order valence-electron chi connectivity index (χ1n) is 10.7. The molecule has 0 unspecified atom stereocenters. The fourth-order valence-electron chi connectivity index (χ4n) is 3.75. The van der Waals surface area contributed by atoms with Gasteiger partial charge in [-0.05, 0) is 56.1 Å². The van der Waals surface area contributed by atoms with E-state index in [4.69, 9.17) is 21.7 Å². The Labute approximate surface area is 202 Å². The highest BCUT2D eigenvalue weighted by Crippen LogP contribution is 2.33. The van der Waals surface area contributed by atoms with Gasteiger partial charge in [-0.3, -0.25) is 4.79 Å². The van der Waals surface area contributed by atoms with E-state index in [2.05, 4.69) is 15.2 Å². The van der Waals surface area contributed by atoms with Crippen LogP contribution in [0.2, 0.25) is 5.02 Å². The van der Waals surface area contributed by atoms with Gasteiger partial charge in [-0.1, -0.05) is 41.9 Å². The first-order valence-corrected chi connectivity index (χ1v) is 11.1. The van der Waals surface area contributed by atoms with E-state index in [1.807, 2.05) is 56.6 Å². The number of carbonyl (C=O) groups is 1. The molecule has 1 aromatic heterocycles. The summed E-state index contributed by atoms with van der Waals surface area (Å²) in [4.78, 5) is 20.8. The van der Waals surface area contributed by atoms with Crippen molar-refractivity contribution in [3.05, 3.63) is 88.4 Å². The number of nitrogens with one attached hydrogen (secondary N) is 2. The van der Waals surface area contributed by atoms with Crippen molar-refractivity contribution in [1.82, 2.24) is 9.88 Å². The molecular weight excluding hydrogens is 452 g/mol. The number of aromatic nitrogens is 1. The zero-order valence-corrected chi connectivity index (χ0v) is 19.6. The van der Waals surface area contributed by atoms with E-state index in [9.17, 15) is 9.90 Å².